The highest BCUT2D eigenvalue weighted by atomic mass is 16.3. The minimum Gasteiger partial charge on any atom is -0.393 e. The van der Waals surface area contributed by atoms with E-state index in [0.29, 0.717) is 16.7 Å². The van der Waals surface area contributed by atoms with Gasteiger partial charge in [-0.2, -0.15) is 0 Å². The average molecular weight is 385 g/mol. The number of aliphatic hydroxyl groups is 1. The van der Waals surface area contributed by atoms with E-state index in [4.69, 9.17) is 0 Å². The molecule has 1 N–H and O–H groups in total. The van der Waals surface area contributed by atoms with Gasteiger partial charge in [-0.05, 0) is 104 Å². The molecule has 0 spiro atoms. The molecule has 8 atom stereocenters. The van der Waals surface area contributed by atoms with Gasteiger partial charge < -0.3 is 5.11 Å². The van der Waals surface area contributed by atoms with Crippen molar-refractivity contribution >= 4 is 0 Å². The first-order chi connectivity index (χ1) is 13.3. The van der Waals surface area contributed by atoms with Gasteiger partial charge in [-0.3, -0.25) is 0 Å². The van der Waals surface area contributed by atoms with E-state index >= 15 is 0 Å². The molecule has 0 aliphatic heterocycles. The second-order valence-electron chi connectivity index (χ2n) is 11.8. The Hall–Kier alpha value is -0.560. The molecule has 0 heterocycles. The predicted molar refractivity (Wildman–Crippen MR) is 119 cm³/mol. The van der Waals surface area contributed by atoms with E-state index in [0.717, 1.165) is 42.4 Å². The molecule has 4 aliphatic rings. The molecule has 0 amide bonds. The zero-order valence-electron chi connectivity index (χ0n) is 19.1. The lowest BCUT2D eigenvalue weighted by molar-refractivity contribution is -0.0565. The Balaban J connectivity index is 1.52. The van der Waals surface area contributed by atoms with Crippen LogP contribution in [-0.4, -0.2) is 11.2 Å². The minimum absolute atomic E-state index is 0.0830. The summed E-state index contributed by atoms with van der Waals surface area (Å²) in [5.74, 6) is 5.08. The molecular formula is C27H44O. The Morgan fingerprint density at radius 2 is 1.86 bits per heavy atom. The van der Waals surface area contributed by atoms with E-state index < -0.39 is 0 Å². The van der Waals surface area contributed by atoms with Crippen LogP contribution in [0.1, 0.15) is 92.4 Å². The lowest BCUT2D eigenvalue weighted by Crippen LogP contribution is -2.50. The molecule has 28 heavy (non-hydrogen) atoms. The first-order valence-corrected chi connectivity index (χ1v) is 12.3. The first kappa shape index (κ1) is 20.7. The Labute approximate surface area is 174 Å². The normalized spacial score (nSPS) is 46.8. The molecule has 4 rings (SSSR count). The van der Waals surface area contributed by atoms with Crippen LogP contribution in [0.2, 0.25) is 0 Å². The van der Waals surface area contributed by atoms with E-state index in [1.807, 2.05) is 0 Å². The van der Waals surface area contributed by atoms with Crippen LogP contribution in [-0.2, 0) is 0 Å². The molecule has 158 valence electrons. The van der Waals surface area contributed by atoms with Gasteiger partial charge in [0.25, 0.3) is 0 Å². The van der Waals surface area contributed by atoms with Gasteiger partial charge in [-0.15, -0.1) is 0 Å². The molecule has 0 unspecified atom stereocenters. The van der Waals surface area contributed by atoms with Crippen LogP contribution in [0.25, 0.3) is 0 Å². The molecule has 1 heteroatoms. The second-order valence-corrected chi connectivity index (χ2v) is 11.8. The van der Waals surface area contributed by atoms with Crippen molar-refractivity contribution in [3.63, 3.8) is 0 Å². The Bertz CT molecular complexity index is 630. The fourth-order valence-corrected chi connectivity index (χ4v) is 8.35. The maximum absolute atomic E-state index is 10.2. The maximum atomic E-state index is 10.2. The Morgan fingerprint density at radius 3 is 2.61 bits per heavy atom. The molecule has 3 fully saturated rings. The molecule has 3 saturated carbocycles. The first-order valence-electron chi connectivity index (χ1n) is 12.3. The largest absolute Gasteiger partial charge is 0.393 e. The fraction of sp³-hybridized carbons (Fsp3) is 0.852. The number of hydrogen-bond donors (Lipinski definition) is 1. The van der Waals surface area contributed by atoms with Crippen molar-refractivity contribution in [3.8, 4) is 0 Å². The fourth-order valence-electron chi connectivity index (χ4n) is 8.35. The van der Waals surface area contributed by atoms with Crippen LogP contribution >= 0.6 is 0 Å². The summed E-state index contributed by atoms with van der Waals surface area (Å²) in [7, 11) is 0. The molecular weight excluding hydrogens is 340 g/mol. The van der Waals surface area contributed by atoms with Gasteiger partial charge in [0.1, 0.15) is 0 Å². The molecule has 0 bridgehead atoms. The monoisotopic (exact) mass is 384 g/mol. The van der Waals surface area contributed by atoms with Crippen LogP contribution in [0.4, 0.5) is 0 Å². The van der Waals surface area contributed by atoms with Crippen molar-refractivity contribution in [2.75, 3.05) is 0 Å². The summed E-state index contributed by atoms with van der Waals surface area (Å²) in [5, 5.41) is 10.2. The topological polar surface area (TPSA) is 20.2 Å². The van der Waals surface area contributed by atoms with E-state index in [2.05, 4.69) is 52.8 Å². The number of rotatable bonds is 4. The van der Waals surface area contributed by atoms with Gasteiger partial charge in [-0.1, -0.05) is 58.4 Å². The molecule has 0 radical (unpaired) electrons. The molecule has 4 aliphatic carbocycles. The zero-order chi connectivity index (χ0) is 20.1. The predicted octanol–water partition coefficient (Wildman–Crippen LogP) is 7.16. The van der Waals surface area contributed by atoms with Crippen LogP contribution in [0.3, 0.4) is 0 Å². The summed E-state index contributed by atoms with van der Waals surface area (Å²) in [6.45, 7) is 12.3. The summed E-state index contributed by atoms with van der Waals surface area (Å²) >= 11 is 0. The van der Waals surface area contributed by atoms with Gasteiger partial charge in [0.2, 0.25) is 0 Å². The van der Waals surface area contributed by atoms with E-state index in [1.54, 1.807) is 5.57 Å². The summed E-state index contributed by atoms with van der Waals surface area (Å²) < 4.78 is 0. The summed E-state index contributed by atoms with van der Waals surface area (Å²) in [6, 6.07) is 0. The van der Waals surface area contributed by atoms with E-state index in [1.165, 1.54) is 44.9 Å². The van der Waals surface area contributed by atoms with Crippen molar-refractivity contribution in [1.82, 2.24) is 0 Å². The minimum atomic E-state index is -0.0830. The van der Waals surface area contributed by atoms with Crippen molar-refractivity contribution in [3.05, 3.63) is 23.8 Å². The smallest absolute Gasteiger partial charge is 0.0577 e. The molecule has 0 aromatic heterocycles. The van der Waals surface area contributed by atoms with E-state index in [9.17, 15) is 5.11 Å². The van der Waals surface area contributed by atoms with Crippen LogP contribution in [0.5, 0.6) is 0 Å². The number of hydrogen-bond acceptors (Lipinski definition) is 1. The summed E-state index contributed by atoms with van der Waals surface area (Å²) in [5.41, 5.74) is 2.55. The number of aliphatic hydroxyl groups excluding tert-OH is 1. The van der Waals surface area contributed by atoms with Gasteiger partial charge in [0.05, 0.1) is 6.10 Å². The molecule has 1 nitrogen and oxygen atoms in total. The highest BCUT2D eigenvalue weighted by molar-refractivity contribution is 5.25. The summed E-state index contributed by atoms with van der Waals surface area (Å²) in [6.07, 6.45) is 18.9. The Morgan fingerprint density at radius 1 is 1.07 bits per heavy atom. The standard InChI is InChI=1S/C27H44O/c1-18(2)7-6-8-19(3)23-11-12-24-22-10-9-20-17-21(28)13-15-26(20,4)25(22)14-16-27(23,24)5/h6-7,9,18-19,21-25,28H,8,10-17H2,1-5H3/t19-,21+,22+,23-,24+,25+,26+,27-/m1/s1. The maximum Gasteiger partial charge on any atom is 0.0577 e. The SMILES string of the molecule is CC(C)C=CC[C@@H](C)[C@H]1CC[C@H]2[C@@H]3CC=C4C[C@@H](O)CC[C@]4(C)[C@H]3CC[C@]12C. The lowest BCUT2D eigenvalue weighted by atomic mass is 9.47. The Kier molecular flexibility index (Phi) is 5.62. The van der Waals surface area contributed by atoms with Crippen LogP contribution in [0, 0.1) is 46.3 Å². The zero-order valence-corrected chi connectivity index (χ0v) is 19.1. The highest BCUT2D eigenvalue weighted by Gasteiger charge is 2.58. The third-order valence-electron chi connectivity index (χ3n) is 9.87. The van der Waals surface area contributed by atoms with Gasteiger partial charge in [0, 0.05) is 0 Å². The van der Waals surface area contributed by atoms with Crippen molar-refractivity contribution in [2.24, 2.45) is 46.3 Å². The highest BCUT2D eigenvalue weighted by Crippen LogP contribution is 2.67. The van der Waals surface area contributed by atoms with Gasteiger partial charge >= 0.3 is 0 Å². The number of allylic oxidation sites excluding steroid dienone is 3. The average Bonchev–Trinajstić information content (AvgIpc) is 2.99. The van der Waals surface area contributed by atoms with E-state index in [-0.39, 0.29) is 6.10 Å². The third kappa shape index (κ3) is 3.34. The number of fused-ring (bicyclic) bond motifs is 5. The second kappa shape index (κ2) is 7.60. The molecule has 0 aromatic carbocycles. The van der Waals surface area contributed by atoms with Crippen molar-refractivity contribution in [2.45, 2.75) is 98.5 Å². The molecule has 0 aromatic rings. The quantitative estimate of drug-likeness (QED) is 0.510. The van der Waals surface area contributed by atoms with Crippen molar-refractivity contribution in [1.29, 1.82) is 0 Å². The van der Waals surface area contributed by atoms with Crippen LogP contribution < -0.4 is 0 Å². The van der Waals surface area contributed by atoms with Gasteiger partial charge in [-0.25, -0.2) is 0 Å². The molecule has 0 saturated heterocycles. The summed E-state index contributed by atoms with van der Waals surface area (Å²) in [4.78, 5) is 0. The van der Waals surface area contributed by atoms with Crippen LogP contribution in [0.15, 0.2) is 23.8 Å². The van der Waals surface area contributed by atoms with Crippen molar-refractivity contribution < 1.29 is 5.11 Å². The van der Waals surface area contributed by atoms with Gasteiger partial charge in [0.15, 0.2) is 0 Å². The lowest BCUT2D eigenvalue weighted by Gasteiger charge is -2.58. The third-order valence-corrected chi connectivity index (χ3v) is 9.87.